The van der Waals surface area contributed by atoms with Crippen molar-refractivity contribution in [1.82, 2.24) is 16.0 Å². The zero-order valence-electron chi connectivity index (χ0n) is 21.9. The number of carboxylic acid groups (broad SMARTS) is 1. The second-order valence-electron chi connectivity index (χ2n) is 11.0. The highest BCUT2D eigenvalue weighted by Crippen LogP contribution is 2.29. The quantitative estimate of drug-likeness (QED) is 0.356. The van der Waals surface area contributed by atoms with Crippen LogP contribution in [0.25, 0.3) is 0 Å². The molecule has 0 heterocycles. The van der Waals surface area contributed by atoms with Crippen molar-refractivity contribution < 1.29 is 29.0 Å². The molecule has 1 saturated carbocycles. The van der Waals surface area contributed by atoms with E-state index in [4.69, 9.17) is 4.74 Å². The minimum Gasteiger partial charge on any atom is -0.480 e. The minimum atomic E-state index is -1.00. The molecule has 0 aromatic heterocycles. The summed E-state index contributed by atoms with van der Waals surface area (Å²) in [7, 11) is 0. The summed E-state index contributed by atoms with van der Waals surface area (Å²) in [5.41, 5.74) is -0.646. The topological polar surface area (TPSA) is 134 Å². The number of aliphatic carboxylic acids is 1. The monoisotopic (exact) mass is 483 g/mol. The summed E-state index contributed by atoms with van der Waals surface area (Å²) in [6, 6.07) is -1.55. The molecule has 1 aliphatic rings. The molecule has 34 heavy (non-hydrogen) atoms. The summed E-state index contributed by atoms with van der Waals surface area (Å²) in [4.78, 5) is 49.0. The van der Waals surface area contributed by atoms with E-state index in [-0.39, 0.29) is 35.5 Å². The van der Waals surface area contributed by atoms with E-state index >= 15 is 0 Å². The van der Waals surface area contributed by atoms with Crippen LogP contribution in [0.1, 0.15) is 87.0 Å². The molecule has 0 aliphatic heterocycles. The van der Waals surface area contributed by atoms with Crippen molar-refractivity contribution in [2.24, 2.45) is 23.7 Å². The first-order chi connectivity index (χ1) is 15.7. The first-order valence-electron chi connectivity index (χ1n) is 12.5. The number of hydrogen-bond donors (Lipinski definition) is 4. The van der Waals surface area contributed by atoms with Crippen LogP contribution in [-0.4, -0.2) is 53.2 Å². The van der Waals surface area contributed by atoms with Crippen LogP contribution in [0.3, 0.4) is 0 Å². The molecule has 0 radical (unpaired) electrons. The molecule has 9 heteroatoms. The Morgan fingerprint density at radius 3 is 2.06 bits per heavy atom. The van der Waals surface area contributed by atoms with Gasteiger partial charge in [0.1, 0.15) is 17.7 Å². The van der Waals surface area contributed by atoms with E-state index < -0.39 is 29.7 Å². The van der Waals surface area contributed by atoms with Gasteiger partial charge in [0, 0.05) is 12.5 Å². The number of amides is 3. The van der Waals surface area contributed by atoms with Gasteiger partial charge in [-0.25, -0.2) is 9.59 Å². The number of rotatable bonds is 11. The molecule has 3 amide bonds. The van der Waals surface area contributed by atoms with Gasteiger partial charge in [-0.3, -0.25) is 9.59 Å². The standard InChI is InChI=1S/C25H45N3O6/c1-8-16(4)20(23(31)32)28-21(29)18-11-9-17(10-12-18)14-26-22(30)19(13-15(2)3)27-24(33)34-25(5,6)7/h15-20H,8-14H2,1-7H3,(H,26,30)(H,27,33)(H,28,29)(H,31,32)/t16?,17?,18?,19-,20-/m0/s1. The zero-order valence-corrected chi connectivity index (χ0v) is 21.9. The second-order valence-corrected chi connectivity index (χ2v) is 11.0. The molecule has 4 N–H and O–H groups in total. The Balaban J connectivity index is 2.54. The molecule has 196 valence electrons. The van der Waals surface area contributed by atoms with Gasteiger partial charge in [0.05, 0.1) is 0 Å². The summed E-state index contributed by atoms with van der Waals surface area (Å²) in [5, 5.41) is 17.7. The average molecular weight is 484 g/mol. The lowest BCUT2D eigenvalue weighted by atomic mass is 9.81. The molecule has 0 saturated heterocycles. The Morgan fingerprint density at radius 1 is 1.00 bits per heavy atom. The van der Waals surface area contributed by atoms with Crippen molar-refractivity contribution >= 4 is 23.9 Å². The Morgan fingerprint density at radius 2 is 1.59 bits per heavy atom. The maximum Gasteiger partial charge on any atom is 0.408 e. The third-order valence-electron chi connectivity index (χ3n) is 6.27. The van der Waals surface area contributed by atoms with Gasteiger partial charge in [-0.1, -0.05) is 34.1 Å². The Hall–Kier alpha value is -2.32. The summed E-state index contributed by atoms with van der Waals surface area (Å²) in [5.74, 6) is -1.34. The SMILES string of the molecule is CCC(C)[C@H](NC(=O)C1CCC(CNC(=O)[C@H](CC(C)C)NC(=O)OC(C)(C)C)CC1)C(=O)O. The average Bonchev–Trinajstić information content (AvgIpc) is 2.73. The Bertz CT molecular complexity index is 695. The van der Waals surface area contributed by atoms with Gasteiger partial charge >= 0.3 is 12.1 Å². The van der Waals surface area contributed by atoms with Gasteiger partial charge in [0.2, 0.25) is 11.8 Å². The van der Waals surface area contributed by atoms with Gasteiger partial charge in [0.25, 0.3) is 0 Å². The van der Waals surface area contributed by atoms with Crippen LogP contribution in [0.4, 0.5) is 4.79 Å². The molecule has 9 nitrogen and oxygen atoms in total. The van der Waals surface area contributed by atoms with Crippen molar-refractivity contribution in [2.45, 2.75) is 105 Å². The fraction of sp³-hybridized carbons (Fsp3) is 0.840. The van der Waals surface area contributed by atoms with Crippen molar-refractivity contribution in [2.75, 3.05) is 6.54 Å². The van der Waals surface area contributed by atoms with E-state index in [0.29, 0.717) is 32.2 Å². The van der Waals surface area contributed by atoms with Gasteiger partial charge in [-0.2, -0.15) is 0 Å². The van der Waals surface area contributed by atoms with Crippen LogP contribution in [0, 0.1) is 23.7 Å². The van der Waals surface area contributed by atoms with E-state index in [0.717, 1.165) is 12.8 Å². The molecule has 3 atom stereocenters. The number of ether oxygens (including phenoxy) is 1. The maximum atomic E-state index is 12.8. The highest BCUT2D eigenvalue weighted by Gasteiger charge is 2.32. The lowest BCUT2D eigenvalue weighted by Gasteiger charge is -2.30. The van der Waals surface area contributed by atoms with Crippen LogP contribution in [0.2, 0.25) is 0 Å². The van der Waals surface area contributed by atoms with E-state index in [9.17, 15) is 24.3 Å². The van der Waals surface area contributed by atoms with E-state index in [1.165, 1.54) is 0 Å². The Kier molecular flexibility index (Phi) is 11.8. The second kappa shape index (κ2) is 13.5. The molecule has 0 aromatic rings. The van der Waals surface area contributed by atoms with Crippen LogP contribution >= 0.6 is 0 Å². The molecule has 0 bridgehead atoms. The molecule has 0 aromatic carbocycles. The number of alkyl carbamates (subject to hydrolysis) is 1. The summed E-state index contributed by atoms with van der Waals surface area (Å²) in [6.45, 7) is 13.5. The summed E-state index contributed by atoms with van der Waals surface area (Å²) < 4.78 is 5.29. The molecular formula is C25H45N3O6. The fourth-order valence-corrected chi connectivity index (χ4v) is 4.10. The number of hydrogen-bond acceptors (Lipinski definition) is 5. The molecule has 1 unspecified atom stereocenters. The van der Waals surface area contributed by atoms with Crippen molar-refractivity contribution in [3.8, 4) is 0 Å². The predicted octanol–water partition coefficient (Wildman–Crippen LogP) is 3.46. The van der Waals surface area contributed by atoms with Crippen molar-refractivity contribution in [1.29, 1.82) is 0 Å². The van der Waals surface area contributed by atoms with E-state index in [1.807, 2.05) is 27.7 Å². The molecule has 1 rings (SSSR count). The third kappa shape index (κ3) is 10.7. The van der Waals surface area contributed by atoms with E-state index in [1.54, 1.807) is 20.8 Å². The smallest absolute Gasteiger partial charge is 0.408 e. The van der Waals surface area contributed by atoms with Gasteiger partial charge in [-0.05, 0) is 70.6 Å². The highest BCUT2D eigenvalue weighted by atomic mass is 16.6. The predicted molar refractivity (Wildman–Crippen MR) is 130 cm³/mol. The highest BCUT2D eigenvalue weighted by molar-refractivity contribution is 5.86. The maximum absolute atomic E-state index is 12.8. The summed E-state index contributed by atoms with van der Waals surface area (Å²) >= 11 is 0. The largest absolute Gasteiger partial charge is 0.480 e. The van der Waals surface area contributed by atoms with Crippen LogP contribution < -0.4 is 16.0 Å². The van der Waals surface area contributed by atoms with Gasteiger partial charge in [0.15, 0.2) is 0 Å². The van der Waals surface area contributed by atoms with E-state index in [2.05, 4.69) is 16.0 Å². The summed E-state index contributed by atoms with van der Waals surface area (Å²) in [6.07, 6.45) is 3.41. The normalized spacial score (nSPS) is 21.2. The number of carbonyl (C=O) groups is 4. The third-order valence-corrected chi connectivity index (χ3v) is 6.27. The van der Waals surface area contributed by atoms with Gasteiger partial charge < -0.3 is 25.8 Å². The lowest BCUT2D eigenvalue weighted by Crippen LogP contribution is -2.50. The first-order valence-corrected chi connectivity index (χ1v) is 12.5. The number of nitrogens with one attached hydrogen (secondary N) is 3. The van der Waals surface area contributed by atoms with Crippen LogP contribution in [-0.2, 0) is 19.1 Å². The Labute approximate surface area is 204 Å². The number of carbonyl (C=O) groups excluding carboxylic acids is 3. The molecule has 1 fully saturated rings. The molecule has 1 aliphatic carbocycles. The molecular weight excluding hydrogens is 438 g/mol. The fourth-order valence-electron chi connectivity index (χ4n) is 4.10. The number of carboxylic acids is 1. The van der Waals surface area contributed by atoms with Crippen molar-refractivity contribution in [3.63, 3.8) is 0 Å². The van der Waals surface area contributed by atoms with Gasteiger partial charge in [-0.15, -0.1) is 0 Å². The zero-order chi connectivity index (χ0) is 26.1. The molecule has 0 spiro atoms. The minimum absolute atomic E-state index is 0.138. The van der Waals surface area contributed by atoms with Crippen molar-refractivity contribution in [3.05, 3.63) is 0 Å². The van der Waals surface area contributed by atoms with Crippen LogP contribution in [0.15, 0.2) is 0 Å². The first kappa shape index (κ1) is 29.7. The lowest BCUT2D eigenvalue weighted by molar-refractivity contribution is -0.144. The van der Waals surface area contributed by atoms with Crippen LogP contribution in [0.5, 0.6) is 0 Å².